The van der Waals surface area contributed by atoms with Gasteiger partial charge in [0.15, 0.2) is 0 Å². The molecule has 1 fully saturated rings. The van der Waals surface area contributed by atoms with Crippen molar-refractivity contribution < 1.29 is 9.53 Å². The zero-order chi connectivity index (χ0) is 14.8. The van der Waals surface area contributed by atoms with E-state index in [0.717, 1.165) is 42.9 Å². The number of rotatable bonds is 4. The number of ether oxygens (including phenoxy) is 1. The van der Waals surface area contributed by atoms with Gasteiger partial charge in [0.2, 0.25) is 0 Å². The van der Waals surface area contributed by atoms with Crippen molar-refractivity contribution in [1.82, 2.24) is 0 Å². The van der Waals surface area contributed by atoms with E-state index in [2.05, 4.69) is 19.1 Å². The maximum Gasteiger partial charge on any atom is 0.145 e. The maximum atomic E-state index is 12.9. The monoisotopic (exact) mass is 274 g/mol. The molecule has 1 aromatic carbocycles. The van der Waals surface area contributed by atoms with Crippen LogP contribution in [0.4, 0.5) is 0 Å². The zero-order valence-corrected chi connectivity index (χ0v) is 13.1. The van der Waals surface area contributed by atoms with Crippen molar-refractivity contribution in [3.8, 4) is 5.75 Å². The number of hydrogen-bond donors (Lipinski definition) is 0. The molecule has 2 nitrogen and oxygen atoms in total. The minimum Gasteiger partial charge on any atom is -0.497 e. The summed E-state index contributed by atoms with van der Waals surface area (Å²) < 4.78 is 5.34. The molecule has 0 atom stereocenters. The third kappa shape index (κ3) is 2.74. The Bertz CT molecular complexity index is 468. The molecule has 2 rings (SSSR count). The lowest BCUT2D eigenvalue weighted by molar-refractivity contribution is -0.129. The molecule has 0 heterocycles. The van der Waals surface area contributed by atoms with E-state index in [1.807, 2.05) is 26.0 Å². The Labute approximate surface area is 122 Å². The lowest BCUT2D eigenvalue weighted by Crippen LogP contribution is -2.41. The Morgan fingerprint density at radius 1 is 1.30 bits per heavy atom. The molecule has 0 bridgehead atoms. The van der Waals surface area contributed by atoms with Crippen molar-refractivity contribution in [3.63, 3.8) is 0 Å². The van der Waals surface area contributed by atoms with Crippen LogP contribution in [-0.2, 0) is 10.2 Å². The van der Waals surface area contributed by atoms with E-state index in [1.54, 1.807) is 7.11 Å². The number of carbonyl (C=O) groups is 1. The van der Waals surface area contributed by atoms with Gasteiger partial charge in [-0.1, -0.05) is 32.9 Å². The normalized spacial score (nSPS) is 26.6. The average Bonchev–Trinajstić information content (AvgIpc) is 2.47. The van der Waals surface area contributed by atoms with Gasteiger partial charge < -0.3 is 4.74 Å². The van der Waals surface area contributed by atoms with Crippen LogP contribution in [0.2, 0.25) is 0 Å². The second kappa shape index (κ2) is 5.99. The molecule has 0 N–H and O–H groups in total. The molecule has 0 spiro atoms. The first-order valence-electron chi connectivity index (χ1n) is 7.68. The van der Waals surface area contributed by atoms with Gasteiger partial charge in [-0.25, -0.2) is 0 Å². The van der Waals surface area contributed by atoms with Crippen LogP contribution in [0.1, 0.15) is 52.0 Å². The summed E-state index contributed by atoms with van der Waals surface area (Å²) in [6.07, 6.45) is 4.21. The fourth-order valence-electron chi connectivity index (χ4n) is 3.41. The van der Waals surface area contributed by atoms with Crippen LogP contribution in [-0.4, -0.2) is 12.9 Å². The molecule has 20 heavy (non-hydrogen) atoms. The number of benzene rings is 1. The first-order valence-corrected chi connectivity index (χ1v) is 7.68. The summed E-state index contributed by atoms with van der Waals surface area (Å²) >= 11 is 0. The van der Waals surface area contributed by atoms with E-state index in [9.17, 15) is 4.79 Å². The largest absolute Gasteiger partial charge is 0.497 e. The SMILES string of the molecule is COc1cccc(C2(C(=O)C(C)C)CCC(C)CC2)c1. The molecule has 0 aromatic heterocycles. The third-order valence-corrected chi connectivity index (χ3v) is 4.75. The fourth-order valence-corrected chi connectivity index (χ4v) is 3.41. The predicted molar refractivity (Wildman–Crippen MR) is 82.1 cm³/mol. The molecule has 0 aliphatic heterocycles. The number of methoxy groups -OCH3 is 1. The molecule has 0 saturated heterocycles. The Kier molecular flexibility index (Phi) is 4.52. The van der Waals surface area contributed by atoms with E-state index in [0.29, 0.717) is 5.78 Å². The minimum absolute atomic E-state index is 0.0783. The van der Waals surface area contributed by atoms with E-state index in [4.69, 9.17) is 4.74 Å². The van der Waals surface area contributed by atoms with E-state index in [-0.39, 0.29) is 11.3 Å². The number of ketones is 1. The van der Waals surface area contributed by atoms with E-state index >= 15 is 0 Å². The van der Waals surface area contributed by atoms with Gasteiger partial charge in [-0.2, -0.15) is 0 Å². The van der Waals surface area contributed by atoms with Gasteiger partial charge in [-0.05, 0) is 49.3 Å². The topological polar surface area (TPSA) is 26.3 Å². The summed E-state index contributed by atoms with van der Waals surface area (Å²) in [5, 5.41) is 0. The van der Waals surface area contributed by atoms with Crippen LogP contribution >= 0.6 is 0 Å². The van der Waals surface area contributed by atoms with Crippen LogP contribution in [0, 0.1) is 11.8 Å². The van der Waals surface area contributed by atoms with Gasteiger partial charge in [-0.15, -0.1) is 0 Å². The summed E-state index contributed by atoms with van der Waals surface area (Å²) in [7, 11) is 1.68. The van der Waals surface area contributed by atoms with Crippen LogP contribution in [0.3, 0.4) is 0 Å². The fraction of sp³-hybridized carbons (Fsp3) is 0.611. The smallest absolute Gasteiger partial charge is 0.145 e. The van der Waals surface area contributed by atoms with Crippen molar-refractivity contribution in [2.45, 2.75) is 51.9 Å². The molecule has 110 valence electrons. The molecular weight excluding hydrogens is 248 g/mol. The molecule has 1 aliphatic carbocycles. The van der Waals surface area contributed by atoms with Gasteiger partial charge >= 0.3 is 0 Å². The van der Waals surface area contributed by atoms with Crippen molar-refractivity contribution >= 4 is 5.78 Å². The standard InChI is InChI=1S/C18H26O2/c1-13(2)17(19)18(10-8-14(3)9-11-18)15-6-5-7-16(12-15)20-4/h5-7,12-14H,8-11H2,1-4H3. The molecule has 1 aliphatic rings. The highest BCUT2D eigenvalue weighted by Crippen LogP contribution is 2.44. The minimum atomic E-state index is -0.296. The summed E-state index contributed by atoms with van der Waals surface area (Å²) in [6.45, 7) is 6.32. The molecule has 1 saturated carbocycles. The summed E-state index contributed by atoms with van der Waals surface area (Å²) in [5.41, 5.74) is 0.845. The van der Waals surface area contributed by atoms with Gasteiger partial charge in [0.05, 0.1) is 12.5 Å². The van der Waals surface area contributed by atoms with Crippen LogP contribution in [0.25, 0.3) is 0 Å². The van der Waals surface area contributed by atoms with Crippen LogP contribution < -0.4 is 4.74 Å². The van der Waals surface area contributed by atoms with Crippen LogP contribution in [0.5, 0.6) is 5.75 Å². The number of Topliss-reactive ketones (excluding diaryl/α,β-unsaturated/α-hetero) is 1. The second-order valence-electron chi connectivity index (χ2n) is 6.52. The Balaban J connectivity index is 2.43. The van der Waals surface area contributed by atoms with Gasteiger partial charge in [-0.3, -0.25) is 4.79 Å². The third-order valence-electron chi connectivity index (χ3n) is 4.75. The average molecular weight is 274 g/mol. The molecule has 0 radical (unpaired) electrons. The molecule has 0 amide bonds. The van der Waals surface area contributed by atoms with Gasteiger partial charge in [0.1, 0.15) is 11.5 Å². The van der Waals surface area contributed by atoms with Crippen molar-refractivity contribution in [3.05, 3.63) is 29.8 Å². The Hall–Kier alpha value is -1.31. The highest BCUT2D eigenvalue weighted by molar-refractivity contribution is 5.91. The maximum absolute atomic E-state index is 12.9. The number of hydrogen-bond acceptors (Lipinski definition) is 2. The molecule has 1 aromatic rings. The Morgan fingerprint density at radius 3 is 2.50 bits per heavy atom. The van der Waals surface area contributed by atoms with Crippen LogP contribution in [0.15, 0.2) is 24.3 Å². The molecule has 0 unspecified atom stereocenters. The predicted octanol–water partition coefficient (Wildman–Crippen LogP) is 4.37. The van der Waals surface area contributed by atoms with Crippen molar-refractivity contribution in [2.24, 2.45) is 11.8 Å². The molecule has 2 heteroatoms. The highest BCUT2D eigenvalue weighted by Gasteiger charge is 2.43. The highest BCUT2D eigenvalue weighted by atomic mass is 16.5. The van der Waals surface area contributed by atoms with Gasteiger partial charge in [0.25, 0.3) is 0 Å². The first-order chi connectivity index (χ1) is 9.49. The zero-order valence-electron chi connectivity index (χ0n) is 13.1. The van der Waals surface area contributed by atoms with E-state index in [1.165, 1.54) is 0 Å². The quantitative estimate of drug-likeness (QED) is 0.815. The van der Waals surface area contributed by atoms with E-state index < -0.39 is 0 Å². The summed E-state index contributed by atoms with van der Waals surface area (Å²) in [6, 6.07) is 8.10. The van der Waals surface area contributed by atoms with Crippen molar-refractivity contribution in [2.75, 3.05) is 7.11 Å². The lowest BCUT2D eigenvalue weighted by Gasteiger charge is -2.40. The summed E-state index contributed by atoms with van der Waals surface area (Å²) in [4.78, 5) is 12.9. The molecular formula is C18H26O2. The number of carbonyl (C=O) groups excluding carboxylic acids is 1. The summed E-state index contributed by atoms with van der Waals surface area (Å²) in [5.74, 6) is 2.04. The first kappa shape index (κ1) is 15.1. The lowest BCUT2D eigenvalue weighted by atomic mass is 9.62. The Morgan fingerprint density at radius 2 is 1.95 bits per heavy atom. The second-order valence-corrected chi connectivity index (χ2v) is 6.52. The van der Waals surface area contributed by atoms with Crippen molar-refractivity contribution in [1.29, 1.82) is 0 Å². The van der Waals surface area contributed by atoms with Gasteiger partial charge in [0, 0.05) is 5.92 Å².